The molecule has 2 N–H and O–H groups in total. The van der Waals surface area contributed by atoms with Gasteiger partial charge in [0.15, 0.2) is 0 Å². The molecule has 0 unspecified atom stereocenters. The second-order valence-electron chi connectivity index (χ2n) is 7.84. The summed E-state index contributed by atoms with van der Waals surface area (Å²) in [6.45, 7) is 8.30. The van der Waals surface area contributed by atoms with Crippen LogP contribution in [0.2, 0.25) is 0 Å². The first-order chi connectivity index (χ1) is 11.3. The Hall–Kier alpha value is -0.950. The Bertz CT molecular complexity index is 569. The SMILES string of the molecule is c1n[nH]c2c1CCOC21CCN(C[C@]23CNC[C@H]2COC3)CC1. The predicted octanol–water partition coefficient (Wildman–Crippen LogP) is 0.510. The molecule has 2 atom stereocenters. The highest BCUT2D eigenvalue weighted by molar-refractivity contribution is 5.26. The molecular weight excluding hydrogens is 292 g/mol. The molecule has 1 aromatic rings. The maximum absolute atomic E-state index is 6.26. The van der Waals surface area contributed by atoms with Crippen molar-refractivity contribution in [2.24, 2.45) is 11.3 Å². The molecule has 0 saturated carbocycles. The summed E-state index contributed by atoms with van der Waals surface area (Å²) in [6.07, 6.45) is 5.11. The van der Waals surface area contributed by atoms with Gasteiger partial charge in [0.2, 0.25) is 0 Å². The molecule has 6 nitrogen and oxygen atoms in total. The average molecular weight is 318 g/mol. The van der Waals surface area contributed by atoms with E-state index in [0.29, 0.717) is 11.3 Å². The molecule has 3 fully saturated rings. The van der Waals surface area contributed by atoms with E-state index < -0.39 is 0 Å². The molecule has 126 valence electrons. The predicted molar refractivity (Wildman–Crippen MR) is 85.2 cm³/mol. The minimum Gasteiger partial charge on any atom is -0.380 e. The van der Waals surface area contributed by atoms with Crippen molar-refractivity contribution in [2.75, 3.05) is 52.5 Å². The lowest BCUT2D eigenvalue weighted by atomic mass is 9.78. The molecule has 5 heterocycles. The van der Waals surface area contributed by atoms with Gasteiger partial charge in [0, 0.05) is 44.1 Å². The topological polar surface area (TPSA) is 62.4 Å². The highest BCUT2D eigenvalue weighted by atomic mass is 16.5. The number of likely N-dealkylation sites (tertiary alicyclic amines) is 1. The molecule has 0 amide bonds. The number of rotatable bonds is 2. The Morgan fingerprint density at radius 1 is 1.35 bits per heavy atom. The van der Waals surface area contributed by atoms with Crippen LogP contribution in [0.4, 0.5) is 0 Å². The van der Waals surface area contributed by atoms with Crippen molar-refractivity contribution in [1.29, 1.82) is 0 Å². The lowest BCUT2D eigenvalue weighted by Gasteiger charge is -2.45. The molecule has 0 aliphatic carbocycles. The van der Waals surface area contributed by atoms with E-state index in [0.717, 1.165) is 71.8 Å². The number of ether oxygens (including phenoxy) is 2. The number of hydrogen-bond acceptors (Lipinski definition) is 5. The van der Waals surface area contributed by atoms with Crippen LogP contribution in [0, 0.1) is 11.3 Å². The van der Waals surface area contributed by atoms with Crippen LogP contribution in [-0.4, -0.2) is 67.6 Å². The normalized spacial score (nSPS) is 36.3. The van der Waals surface area contributed by atoms with Crippen molar-refractivity contribution in [1.82, 2.24) is 20.4 Å². The van der Waals surface area contributed by atoms with Crippen LogP contribution in [0.1, 0.15) is 24.1 Å². The highest BCUT2D eigenvalue weighted by Crippen LogP contribution is 2.43. The highest BCUT2D eigenvalue weighted by Gasteiger charge is 2.50. The summed E-state index contributed by atoms with van der Waals surface area (Å²) < 4.78 is 12.1. The Morgan fingerprint density at radius 3 is 3.17 bits per heavy atom. The third-order valence-electron chi connectivity index (χ3n) is 6.57. The lowest BCUT2D eigenvalue weighted by molar-refractivity contribution is -0.104. The molecule has 1 spiro atoms. The number of H-pyrrole nitrogens is 1. The van der Waals surface area contributed by atoms with E-state index in [4.69, 9.17) is 9.47 Å². The average Bonchev–Trinajstić information content (AvgIpc) is 3.25. The summed E-state index contributed by atoms with van der Waals surface area (Å²) in [7, 11) is 0. The van der Waals surface area contributed by atoms with Gasteiger partial charge >= 0.3 is 0 Å². The number of aromatic nitrogens is 2. The summed E-state index contributed by atoms with van der Waals surface area (Å²) in [4.78, 5) is 2.63. The minimum absolute atomic E-state index is 0.113. The van der Waals surface area contributed by atoms with E-state index in [1.54, 1.807) is 0 Å². The zero-order valence-corrected chi connectivity index (χ0v) is 13.6. The molecule has 0 radical (unpaired) electrons. The van der Waals surface area contributed by atoms with E-state index in [2.05, 4.69) is 20.4 Å². The van der Waals surface area contributed by atoms with Gasteiger partial charge < -0.3 is 19.7 Å². The van der Waals surface area contributed by atoms with Gasteiger partial charge in [-0.15, -0.1) is 0 Å². The third-order valence-corrected chi connectivity index (χ3v) is 6.57. The largest absolute Gasteiger partial charge is 0.380 e. The molecule has 0 bridgehead atoms. The molecule has 23 heavy (non-hydrogen) atoms. The molecule has 3 saturated heterocycles. The Balaban J connectivity index is 1.29. The van der Waals surface area contributed by atoms with E-state index >= 15 is 0 Å². The van der Waals surface area contributed by atoms with Gasteiger partial charge in [-0.1, -0.05) is 0 Å². The maximum Gasteiger partial charge on any atom is 0.112 e. The fourth-order valence-corrected chi connectivity index (χ4v) is 5.13. The third kappa shape index (κ3) is 2.19. The number of piperidine rings is 1. The van der Waals surface area contributed by atoms with Crippen molar-refractivity contribution in [3.8, 4) is 0 Å². The van der Waals surface area contributed by atoms with Crippen LogP contribution in [0.5, 0.6) is 0 Å². The smallest absolute Gasteiger partial charge is 0.112 e. The molecular formula is C17H26N4O2. The van der Waals surface area contributed by atoms with Gasteiger partial charge in [-0.3, -0.25) is 5.10 Å². The van der Waals surface area contributed by atoms with Crippen molar-refractivity contribution < 1.29 is 9.47 Å². The maximum atomic E-state index is 6.26. The second-order valence-corrected chi connectivity index (χ2v) is 7.84. The van der Waals surface area contributed by atoms with Crippen molar-refractivity contribution in [3.05, 3.63) is 17.5 Å². The zero-order chi connectivity index (χ0) is 15.3. The standard InChI is InChI=1S/C17H26N4O2/c1-6-23-17(15-13(1)7-19-20-15)2-4-21(5-3-17)11-16-10-18-8-14(16)9-22-12-16/h7,14,18H,1-6,8-12H2,(H,19,20)/t14-,16-/m0/s1. The van der Waals surface area contributed by atoms with E-state index in [-0.39, 0.29) is 5.60 Å². The molecule has 4 aliphatic heterocycles. The number of hydrogen-bond donors (Lipinski definition) is 2. The summed E-state index contributed by atoms with van der Waals surface area (Å²) in [6, 6.07) is 0. The second kappa shape index (κ2) is 5.28. The van der Waals surface area contributed by atoms with Crippen molar-refractivity contribution >= 4 is 0 Å². The zero-order valence-electron chi connectivity index (χ0n) is 13.6. The molecule has 4 aliphatic rings. The number of nitrogens with zero attached hydrogens (tertiary/aromatic N) is 2. The molecule has 1 aromatic heterocycles. The van der Waals surface area contributed by atoms with E-state index in [1.807, 2.05) is 6.20 Å². The summed E-state index contributed by atoms with van der Waals surface area (Å²) >= 11 is 0. The number of aromatic amines is 1. The summed E-state index contributed by atoms with van der Waals surface area (Å²) in [5, 5.41) is 11.0. The van der Waals surface area contributed by atoms with Gasteiger partial charge in [0.05, 0.1) is 31.7 Å². The quantitative estimate of drug-likeness (QED) is 0.832. The van der Waals surface area contributed by atoms with Gasteiger partial charge in [-0.2, -0.15) is 5.10 Å². The van der Waals surface area contributed by atoms with Gasteiger partial charge in [0.1, 0.15) is 5.60 Å². The van der Waals surface area contributed by atoms with Gasteiger partial charge in [-0.25, -0.2) is 0 Å². The fraction of sp³-hybridized carbons (Fsp3) is 0.824. The molecule has 6 heteroatoms. The van der Waals surface area contributed by atoms with Gasteiger partial charge in [-0.05, 0) is 24.8 Å². The van der Waals surface area contributed by atoms with Crippen LogP contribution in [0.15, 0.2) is 6.20 Å². The van der Waals surface area contributed by atoms with Crippen LogP contribution < -0.4 is 5.32 Å². The summed E-state index contributed by atoms with van der Waals surface area (Å²) in [5.41, 5.74) is 2.83. The number of nitrogens with one attached hydrogen (secondary N) is 2. The fourth-order valence-electron chi connectivity index (χ4n) is 5.13. The molecule has 0 aromatic carbocycles. The Morgan fingerprint density at radius 2 is 2.26 bits per heavy atom. The first kappa shape index (κ1) is 14.4. The molecule has 5 rings (SSSR count). The van der Waals surface area contributed by atoms with Crippen LogP contribution in [0.3, 0.4) is 0 Å². The van der Waals surface area contributed by atoms with Gasteiger partial charge in [0.25, 0.3) is 0 Å². The van der Waals surface area contributed by atoms with E-state index in [1.165, 1.54) is 11.3 Å². The summed E-state index contributed by atoms with van der Waals surface area (Å²) in [5.74, 6) is 0.698. The van der Waals surface area contributed by atoms with Crippen molar-refractivity contribution in [2.45, 2.75) is 24.9 Å². The Labute approximate surface area is 136 Å². The minimum atomic E-state index is -0.113. The lowest BCUT2D eigenvalue weighted by Crippen LogP contribution is -2.51. The van der Waals surface area contributed by atoms with Crippen LogP contribution in [0.25, 0.3) is 0 Å². The van der Waals surface area contributed by atoms with Crippen LogP contribution >= 0.6 is 0 Å². The van der Waals surface area contributed by atoms with E-state index in [9.17, 15) is 0 Å². The number of fused-ring (bicyclic) bond motifs is 3. The first-order valence-electron chi connectivity index (χ1n) is 8.97. The Kier molecular flexibility index (Phi) is 3.30. The van der Waals surface area contributed by atoms with Crippen molar-refractivity contribution in [3.63, 3.8) is 0 Å². The van der Waals surface area contributed by atoms with Crippen LogP contribution in [-0.2, 0) is 21.5 Å². The first-order valence-corrected chi connectivity index (χ1v) is 8.97. The monoisotopic (exact) mass is 318 g/mol.